The molecule has 0 radical (unpaired) electrons. The lowest BCUT2D eigenvalue weighted by Gasteiger charge is -2.28. The van der Waals surface area contributed by atoms with Crippen LogP contribution in [-0.2, 0) is 14.3 Å². The first-order chi connectivity index (χ1) is 12.9. The van der Waals surface area contributed by atoms with E-state index in [0.717, 1.165) is 0 Å². The van der Waals surface area contributed by atoms with E-state index in [4.69, 9.17) is 9.47 Å². The summed E-state index contributed by atoms with van der Waals surface area (Å²) in [5.74, 6) is 0.414. The lowest BCUT2D eigenvalue weighted by atomic mass is 9.95. The highest BCUT2D eigenvalue weighted by Gasteiger charge is 2.35. The summed E-state index contributed by atoms with van der Waals surface area (Å²) in [4.78, 5) is 27.7. The Hall–Kier alpha value is -3.27. The number of aryl methyl sites for hydroxylation is 1. The molecule has 1 N–H and O–H groups in total. The molecule has 1 aromatic heterocycles. The van der Waals surface area contributed by atoms with Gasteiger partial charge in [-0.2, -0.15) is 10.1 Å². The number of anilines is 1. The Bertz CT molecular complexity index is 920. The molecular formula is C17H19N5O5. The molecule has 1 aromatic carbocycles. The molecule has 1 atom stereocenters. The summed E-state index contributed by atoms with van der Waals surface area (Å²) >= 11 is 0. The maximum atomic E-state index is 12.7. The minimum absolute atomic E-state index is 0.0748. The second-order valence-corrected chi connectivity index (χ2v) is 5.97. The lowest BCUT2D eigenvalue weighted by molar-refractivity contribution is -0.384. The summed E-state index contributed by atoms with van der Waals surface area (Å²) in [6.45, 7) is 3.81. The minimum atomic E-state index is -0.697. The van der Waals surface area contributed by atoms with Crippen molar-refractivity contribution in [3.8, 4) is 0 Å². The number of nitrogens with one attached hydrogen (secondary N) is 1. The summed E-state index contributed by atoms with van der Waals surface area (Å²) in [5, 5.41) is 18.6. The molecule has 0 unspecified atom stereocenters. The Morgan fingerprint density at radius 3 is 2.85 bits per heavy atom. The number of rotatable bonds is 6. The van der Waals surface area contributed by atoms with Crippen molar-refractivity contribution >= 4 is 17.6 Å². The highest BCUT2D eigenvalue weighted by molar-refractivity contribution is 5.92. The number of nitro benzene ring substituents is 1. The summed E-state index contributed by atoms with van der Waals surface area (Å²) in [6.07, 6.45) is 0. The highest BCUT2D eigenvalue weighted by Crippen LogP contribution is 2.36. The van der Waals surface area contributed by atoms with E-state index in [9.17, 15) is 14.9 Å². The smallest absolute Gasteiger partial charge is 0.338 e. The second-order valence-electron chi connectivity index (χ2n) is 5.97. The van der Waals surface area contributed by atoms with Crippen LogP contribution in [0.15, 0.2) is 35.5 Å². The number of aromatic nitrogens is 3. The molecule has 0 spiro atoms. The van der Waals surface area contributed by atoms with Crippen LogP contribution in [0.5, 0.6) is 0 Å². The average Bonchev–Trinajstić information content (AvgIpc) is 3.00. The number of ether oxygens (including phenoxy) is 2. The number of carbonyl (C=O) groups is 1. The number of nitro groups is 1. The first-order valence-corrected chi connectivity index (χ1v) is 8.23. The molecule has 10 heteroatoms. The summed E-state index contributed by atoms with van der Waals surface area (Å²) in [7, 11) is 1.51. The first-order valence-electron chi connectivity index (χ1n) is 8.23. The van der Waals surface area contributed by atoms with Crippen LogP contribution >= 0.6 is 0 Å². The monoisotopic (exact) mass is 373 g/mol. The van der Waals surface area contributed by atoms with Gasteiger partial charge in [0.05, 0.1) is 17.1 Å². The van der Waals surface area contributed by atoms with Crippen LogP contribution in [-0.4, -0.2) is 46.0 Å². The van der Waals surface area contributed by atoms with Crippen molar-refractivity contribution in [2.24, 2.45) is 0 Å². The van der Waals surface area contributed by atoms with Crippen LogP contribution in [0.3, 0.4) is 0 Å². The van der Waals surface area contributed by atoms with E-state index in [2.05, 4.69) is 15.4 Å². The van der Waals surface area contributed by atoms with E-state index in [1.807, 2.05) is 0 Å². The molecule has 0 bridgehead atoms. The number of carbonyl (C=O) groups excluding carboxylic acids is 1. The van der Waals surface area contributed by atoms with Gasteiger partial charge in [-0.25, -0.2) is 9.48 Å². The molecule has 0 saturated carbocycles. The summed E-state index contributed by atoms with van der Waals surface area (Å²) in [6, 6.07) is 5.40. The molecule has 0 fully saturated rings. The van der Waals surface area contributed by atoms with Crippen LogP contribution in [0.1, 0.15) is 24.4 Å². The number of esters is 1. The zero-order valence-electron chi connectivity index (χ0n) is 15.1. The van der Waals surface area contributed by atoms with E-state index in [-0.39, 0.29) is 18.9 Å². The molecule has 2 heterocycles. The highest BCUT2D eigenvalue weighted by atomic mass is 16.6. The summed E-state index contributed by atoms with van der Waals surface area (Å²) in [5.41, 5.74) is 1.32. The van der Waals surface area contributed by atoms with Gasteiger partial charge in [-0.3, -0.25) is 10.1 Å². The standard InChI is InChI=1S/C17H19N5O5/c1-10-14(16(23)27-8-7-26-3)15(21-17(18-10)19-11(2)20-21)12-5-4-6-13(9-12)22(24)25/h4-6,9,15H,7-8H2,1-3H3,(H,18,19,20)/t15-/m0/s1. The van der Waals surface area contributed by atoms with E-state index in [1.165, 1.54) is 23.9 Å². The van der Waals surface area contributed by atoms with Gasteiger partial charge in [-0.05, 0) is 19.4 Å². The van der Waals surface area contributed by atoms with Crippen LogP contribution in [0, 0.1) is 17.0 Å². The van der Waals surface area contributed by atoms with Crippen LogP contribution < -0.4 is 5.32 Å². The van der Waals surface area contributed by atoms with E-state index >= 15 is 0 Å². The van der Waals surface area contributed by atoms with Crippen LogP contribution in [0.25, 0.3) is 0 Å². The van der Waals surface area contributed by atoms with E-state index in [0.29, 0.717) is 28.6 Å². The van der Waals surface area contributed by atoms with Crippen LogP contribution in [0.2, 0.25) is 0 Å². The normalized spacial score (nSPS) is 15.9. The topological polar surface area (TPSA) is 121 Å². The maximum absolute atomic E-state index is 12.7. The van der Waals surface area contributed by atoms with Crippen molar-refractivity contribution in [3.05, 3.63) is 57.0 Å². The molecule has 1 aliphatic rings. The van der Waals surface area contributed by atoms with Crippen molar-refractivity contribution in [1.82, 2.24) is 14.8 Å². The Morgan fingerprint density at radius 1 is 1.37 bits per heavy atom. The Balaban J connectivity index is 2.08. The van der Waals surface area contributed by atoms with Gasteiger partial charge in [0.2, 0.25) is 5.95 Å². The molecule has 3 rings (SSSR count). The Morgan fingerprint density at radius 2 is 2.15 bits per heavy atom. The molecule has 27 heavy (non-hydrogen) atoms. The van der Waals surface area contributed by atoms with Crippen molar-refractivity contribution in [2.45, 2.75) is 19.9 Å². The number of benzene rings is 1. The van der Waals surface area contributed by atoms with Crippen molar-refractivity contribution in [1.29, 1.82) is 0 Å². The number of non-ortho nitro benzene ring substituents is 1. The average molecular weight is 373 g/mol. The lowest BCUT2D eigenvalue weighted by Crippen LogP contribution is -2.30. The molecule has 0 aliphatic carbocycles. The molecular weight excluding hydrogens is 354 g/mol. The van der Waals surface area contributed by atoms with E-state index in [1.54, 1.807) is 26.0 Å². The fourth-order valence-corrected chi connectivity index (χ4v) is 2.93. The predicted molar refractivity (Wildman–Crippen MR) is 95.2 cm³/mol. The quantitative estimate of drug-likeness (QED) is 0.353. The zero-order valence-corrected chi connectivity index (χ0v) is 15.1. The van der Waals surface area contributed by atoms with E-state index < -0.39 is 16.9 Å². The van der Waals surface area contributed by atoms with Gasteiger partial charge in [0.25, 0.3) is 5.69 Å². The third-order valence-electron chi connectivity index (χ3n) is 4.10. The molecule has 142 valence electrons. The number of fused-ring (bicyclic) bond motifs is 1. The van der Waals surface area contributed by atoms with Gasteiger partial charge in [0.15, 0.2) is 0 Å². The van der Waals surface area contributed by atoms with Gasteiger partial charge < -0.3 is 14.8 Å². The third kappa shape index (κ3) is 3.65. The molecule has 10 nitrogen and oxygen atoms in total. The fraction of sp³-hybridized carbons (Fsp3) is 0.353. The molecule has 0 amide bonds. The number of nitrogens with zero attached hydrogens (tertiary/aromatic N) is 4. The van der Waals surface area contributed by atoms with Gasteiger partial charge in [0, 0.05) is 24.9 Å². The Kier molecular flexibility index (Phi) is 5.17. The first kappa shape index (κ1) is 18.5. The van der Waals surface area contributed by atoms with Crippen molar-refractivity contribution in [3.63, 3.8) is 0 Å². The van der Waals surface area contributed by atoms with Crippen molar-refractivity contribution in [2.75, 3.05) is 25.6 Å². The van der Waals surface area contributed by atoms with Crippen LogP contribution in [0.4, 0.5) is 11.6 Å². The zero-order chi connectivity index (χ0) is 19.6. The van der Waals surface area contributed by atoms with Gasteiger partial charge in [-0.1, -0.05) is 12.1 Å². The Labute approximate surface area is 154 Å². The molecule has 0 saturated heterocycles. The molecule has 1 aliphatic heterocycles. The summed E-state index contributed by atoms with van der Waals surface area (Å²) < 4.78 is 11.7. The SMILES string of the molecule is COCCOC(=O)C1=C(C)Nc2nc(C)nn2[C@H]1c1cccc([N+](=O)[O-])c1. The van der Waals surface area contributed by atoms with Crippen molar-refractivity contribution < 1.29 is 19.2 Å². The number of allylic oxidation sites excluding steroid dienone is 1. The number of hydrogen-bond acceptors (Lipinski definition) is 8. The number of hydrogen-bond donors (Lipinski definition) is 1. The van der Waals surface area contributed by atoms with Gasteiger partial charge in [0.1, 0.15) is 18.5 Å². The van der Waals surface area contributed by atoms with Gasteiger partial charge >= 0.3 is 5.97 Å². The fourth-order valence-electron chi connectivity index (χ4n) is 2.93. The predicted octanol–water partition coefficient (Wildman–Crippen LogP) is 1.97. The van der Waals surface area contributed by atoms with Gasteiger partial charge in [-0.15, -0.1) is 0 Å². The second kappa shape index (κ2) is 7.54. The largest absolute Gasteiger partial charge is 0.460 e. The third-order valence-corrected chi connectivity index (χ3v) is 4.10. The maximum Gasteiger partial charge on any atom is 0.338 e. The molecule has 2 aromatic rings. The minimum Gasteiger partial charge on any atom is -0.460 e. The number of methoxy groups -OCH3 is 1.